The van der Waals surface area contributed by atoms with Crippen LogP contribution in [0.25, 0.3) is 0 Å². The average Bonchev–Trinajstić information content (AvgIpc) is 1.84. The molecule has 0 fully saturated rings. The third-order valence-electron chi connectivity index (χ3n) is 1.83. The van der Waals surface area contributed by atoms with E-state index >= 15 is 0 Å². The molecule has 0 aliphatic carbocycles. The summed E-state index contributed by atoms with van der Waals surface area (Å²) in [5.41, 5.74) is 6.86. The molecule has 0 aromatic rings. The van der Waals surface area contributed by atoms with Crippen molar-refractivity contribution in [3.63, 3.8) is 0 Å². The predicted molar refractivity (Wildman–Crippen MR) is 42.2 cm³/mol. The van der Waals surface area contributed by atoms with Gasteiger partial charge in [-0.15, -0.1) is 0 Å². The van der Waals surface area contributed by atoms with Crippen LogP contribution in [-0.4, -0.2) is 6.04 Å². The van der Waals surface area contributed by atoms with Crippen molar-refractivity contribution in [1.29, 1.82) is 0 Å². The van der Waals surface area contributed by atoms with Crippen molar-refractivity contribution in [3.8, 4) is 0 Å². The summed E-state index contributed by atoms with van der Waals surface area (Å²) in [6, 6.07) is 0.190. The summed E-state index contributed by atoms with van der Waals surface area (Å²) in [5.74, 6) is 0.572. The van der Waals surface area contributed by atoms with E-state index in [1.807, 2.05) is 6.92 Å². The van der Waals surface area contributed by atoms with E-state index in [9.17, 15) is 0 Å². The molecule has 0 amide bonds. The fraction of sp³-hybridized carbons (Fsp3) is 0.750. The van der Waals surface area contributed by atoms with Gasteiger partial charge in [0.25, 0.3) is 0 Å². The highest BCUT2D eigenvalue weighted by molar-refractivity contribution is 5.01. The van der Waals surface area contributed by atoms with E-state index < -0.39 is 0 Å². The normalized spacial score (nSPS) is 16.9. The first-order valence-electron chi connectivity index (χ1n) is 3.50. The Balaban J connectivity index is 3.72. The number of rotatable bonds is 3. The minimum atomic E-state index is 0.190. The molecule has 54 valence electrons. The van der Waals surface area contributed by atoms with E-state index in [0.717, 1.165) is 12.0 Å². The molecule has 0 spiro atoms. The maximum atomic E-state index is 5.77. The van der Waals surface area contributed by atoms with Gasteiger partial charge >= 0.3 is 0 Å². The highest BCUT2D eigenvalue weighted by Crippen LogP contribution is 2.10. The van der Waals surface area contributed by atoms with Gasteiger partial charge in [-0.25, -0.2) is 0 Å². The maximum absolute atomic E-state index is 5.77. The van der Waals surface area contributed by atoms with Crippen LogP contribution in [0.4, 0.5) is 0 Å². The van der Waals surface area contributed by atoms with E-state index in [2.05, 4.69) is 20.4 Å². The van der Waals surface area contributed by atoms with Crippen molar-refractivity contribution in [2.75, 3.05) is 0 Å². The summed E-state index contributed by atoms with van der Waals surface area (Å²) in [5, 5.41) is 0. The lowest BCUT2D eigenvalue weighted by Crippen LogP contribution is -2.28. The maximum Gasteiger partial charge on any atom is 0.0274 e. The first kappa shape index (κ1) is 8.70. The monoisotopic (exact) mass is 127 g/mol. The number of nitrogens with two attached hydrogens (primary N) is 1. The Morgan fingerprint density at radius 3 is 2.22 bits per heavy atom. The zero-order chi connectivity index (χ0) is 7.44. The van der Waals surface area contributed by atoms with Crippen LogP contribution in [0.1, 0.15) is 27.2 Å². The van der Waals surface area contributed by atoms with Crippen LogP contribution < -0.4 is 5.73 Å². The van der Waals surface area contributed by atoms with Crippen LogP contribution in [0.3, 0.4) is 0 Å². The third-order valence-corrected chi connectivity index (χ3v) is 1.83. The molecule has 0 aliphatic heterocycles. The quantitative estimate of drug-likeness (QED) is 0.576. The van der Waals surface area contributed by atoms with Crippen molar-refractivity contribution in [1.82, 2.24) is 0 Å². The van der Waals surface area contributed by atoms with Crippen LogP contribution in [0.15, 0.2) is 12.2 Å². The molecule has 0 aromatic carbocycles. The summed E-state index contributed by atoms with van der Waals surface area (Å²) in [6.07, 6.45) is 1.13. The van der Waals surface area contributed by atoms with Crippen LogP contribution in [0.5, 0.6) is 0 Å². The van der Waals surface area contributed by atoms with Gasteiger partial charge in [0, 0.05) is 6.04 Å². The van der Waals surface area contributed by atoms with Gasteiger partial charge in [0.15, 0.2) is 0 Å². The van der Waals surface area contributed by atoms with Crippen molar-refractivity contribution >= 4 is 0 Å². The van der Waals surface area contributed by atoms with Gasteiger partial charge in [-0.05, 0) is 12.8 Å². The number of hydrogen-bond donors (Lipinski definition) is 1. The van der Waals surface area contributed by atoms with Gasteiger partial charge in [0.05, 0.1) is 0 Å². The lowest BCUT2D eigenvalue weighted by atomic mass is 9.95. The summed E-state index contributed by atoms with van der Waals surface area (Å²) >= 11 is 0. The highest BCUT2D eigenvalue weighted by Gasteiger charge is 2.09. The minimum absolute atomic E-state index is 0.190. The first-order chi connectivity index (χ1) is 4.09. The second-order valence-electron chi connectivity index (χ2n) is 2.76. The van der Waals surface area contributed by atoms with Gasteiger partial charge in [-0.1, -0.05) is 32.4 Å². The van der Waals surface area contributed by atoms with E-state index in [0.29, 0.717) is 5.92 Å². The molecule has 0 bridgehead atoms. The predicted octanol–water partition coefficient (Wildman–Crippen LogP) is 1.94. The molecule has 1 heteroatoms. The molecule has 1 nitrogen and oxygen atoms in total. The Morgan fingerprint density at radius 1 is 1.67 bits per heavy atom. The molecular formula is C8H17N. The summed E-state index contributed by atoms with van der Waals surface area (Å²) in [6.45, 7) is 10.1. The van der Waals surface area contributed by atoms with Gasteiger partial charge in [0.2, 0.25) is 0 Å². The topological polar surface area (TPSA) is 26.0 Å². The van der Waals surface area contributed by atoms with Crippen molar-refractivity contribution in [3.05, 3.63) is 12.2 Å². The Bertz CT molecular complexity index is 96.7. The average molecular weight is 127 g/mol. The van der Waals surface area contributed by atoms with Crippen molar-refractivity contribution < 1.29 is 0 Å². The van der Waals surface area contributed by atoms with E-state index in [4.69, 9.17) is 5.73 Å². The second kappa shape index (κ2) is 3.67. The van der Waals surface area contributed by atoms with Gasteiger partial charge in [0.1, 0.15) is 0 Å². The van der Waals surface area contributed by atoms with Crippen molar-refractivity contribution in [2.45, 2.75) is 33.2 Å². The van der Waals surface area contributed by atoms with E-state index in [1.165, 1.54) is 0 Å². The highest BCUT2D eigenvalue weighted by atomic mass is 14.6. The SMILES string of the molecule is C=C(C)[C@H](N)[C@H](C)CC. The van der Waals surface area contributed by atoms with E-state index in [1.54, 1.807) is 0 Å². The third kappa shape index (κ3) is 2.66. The molecule has 2 N–H and O–H groups in total. The minimum Gasteiger partial charge on any atom is -0.324 e. The molecule has 0 rings (SSSR count). The molecule has 0 heterocycles. The second-order valence-corrected chi connectivity index (χ2v) is 2.76. The van der Waals surface area contributed by atoms with Crippen LogP contribution in [-0.2, 0) is 0 Å². The summed E-state index contributed by atoms with van der Waals surface area (Å²) < 4.78 is 0. The molecule has 0 aliphatic rings. The smallest absolute Gasteiger partial charge is 0.0274 e. The fourth-order valence-electron chi connectivity index (χ4n) is 0.740. The largest absolute Gasteiger partial charge is 0.324 e. The molecule has 9 heavy (non-hydrogen) atoms. The molecular weight excluding hydrogens is 110 g/mol. The summed E-state index contributed by atoms with van der Waals surface area (Å²) in [4.78, 5) is 0. The zero-order valence-electron chi connectivity index (χ0n) is 6.65. The molecule has 0 saturated heterocycles. The Hall–Kier alpha value is -0.300. The molecule has 0 saturated carbocycles. The fourth-order valence-corrected chi connectivity index (χ4v) is 0.740. The lowest BCUT2D eigenvalue weighted by molar-refractivity contribution is 0.487. The van der Waals surface area contributed by atoms with Crippen LogP contribution in [0.2, 0.25) is 0 Å². The van der Waals surface area contributed by atoms with Gasteiger partial charge in [-0.3, -0.25) is 0 Å². The molecule has 0 unspecified atom stereocenters. The van der Waals surface area contributed by atoms with Gasteiger partial charge < -0.3 is 5.73 Å². The van der Waals surface area contributed by atoms with Gasteiger partial charge in [-0.2, -0.15) is 0 Å². The van der Waals surface area contributed by atoms with E-state index in [-0.39, 0.29) is 6.04 Å². The first-order valence-corrected chi connectivity index (χ1v) is 3.50. The number of hydrogen-bond acceptors (Lipinski definition) is 1. The summed E-state index contributed by atoms with van der Waals surface area (Å²) in [7, 11) is 0. The molecule has 0 aromatic heterocycles. The standard InChI is InChI=1S/C8H17N/c1-5-7(4)8(9)6(2)3/h7-8H,2,5,9H2,1,3-4H3/t7-,8+/m1/s1. The van der Waals surface area contributed by atoms with Crippen LogP contribution in [0, 0.1) is 5.92 Å². The molecule has 2 atom stereocenters. The Kier molecular flexibility index (Phi) is 3.55. The zero-order valence-corrected chi connectivity index (χ0v) is 6.65. The molecule has 0 radical (unpaired) electrons. The Morgan fingerprint density at radius 2 is 2.11 bits per heavy atom. The lowest BCUT2D eigenvalue weighted by Gasteiger charge is -2.17. The Labute approximate surface area is 57.9 Å². The van der Waals surface area contributed by atoms with Crippen molar-refractivity contribution in [2.24, 2.45) is 11.7 Å². The van der Waals surface area contributed by atoms with Crippen LogP contribution >= 0.6 is 0 Å².